The van der Waals surface area contributed by atoms with Gasteiger partial charge in [-0.05, 0) is 51.9 Å². The second-order valence-corrected chi connectivity index (χ2v) is 7.61. The first-order valence-corrected chi connectivity index (χ1v) is 9.93. The van der Waals surface area contributed by atoms with E-state index in [-0.39, 0.29) is 5.91 Å². The van der Waals surface area contributed by atoms with Gasteiger partial charge in [-0.1, -0.05) is 36.9 Å². The number of allylic oxidation sites excluding steroid dienone is 1. The van der Waals surface area contributed by atoms with Crippen LogP contribution < -0.4 is 10.6 Å². The van der Waals surface area contributed by atoms with Gasteiger partial charge in [0.2, 0.25) is 5.91 Å². The molecule has 2 aromatic carbocycles. The Morgan fingerprint density at radius 2 is 1.82 bits per heavy atom. The van der Waals surface area contributed by atoms with Crippen LogP contribution in [0.15, 0.2) is 73.2 Å². The number of amides is 1. The number of hydrogen-bond acceptors (Lipinski definition) is 4. The lowest BCUT2D eigenvalue weighted by Gasteiger charge is -2.11. The molecule has 0 aliphatic heterocycles. The molecule has 1 amide bonds. The average Bonchev–Trinajstić information content (AvgIpc) is 2.65. The number of aromatic nitrogens is 2. The minimum absolute atomic E-state index is 0.148. The van der Waals surface area contributed by atoms with Crippen molar-refractivity contribution >= 4 is 40.0 Å². The summed E-state index contributed by atoms with van der Waals surface area (Å²) in [6.45, 7) is 5.60. The SMILES string of the molecule is C=C(Cc1ccccc1I)Nc1ccc(Cc2cc(NC(C)=O)ncn2)cc1. The number of nitrogens with zero attached hydrogens (tertiary/aromatic N) is 2. The van der Waals surface area contributed by atoms with Gasteiger partial charge in [0.05, 0.1) is 5.69 Å². The third-order valence-corrected chi connectivity index (χ3v) is 5.10. The summed E-state index contributed by atoms with van der Waals surface area (Å²) in [6.07, 6.45) is 2.91. The fourth-order valence-electron chi connectivity index (χ4n) is 2.78. The van der Waals surface area contributed by atoms with Gasteiger partial charge in [0.15, 0.2) is 0 Å². The van der Waals surface area contributed by atoms with Crippen LogP contribution >= 0.6 is 22.6 Å². The van der Waals surface area contributed by atoms with Gasteiger partial charge in [-0.3, -0.25) is 4.79 Å². The van der Waals surface area contributed by atoms with E-state index in [0.717, 1.165) is 29.1 Å². The fourth-order valence-corrected chi connectivity index (χ4v) is 3.36. The summed E-state index contributed by atoms with van der Waals surface area (Å²) < 4.78 is 1.24. The van der Waals surface area contributed by atoms with Gasteiger partial charge in [-0.2, -0.15) is 0 Å². The molecule has 0 aliphatic rings. The number of halogens is 1. The van der Waals surface area contributed by atoms with E-state index in [0.29, 0.717) is 12.2 Å². The number of anilines is 2. The molecule has 0 saturated heterocycles. The first-order valence-electron chi connectivity index (χ1n) is 8.85. The maximum absolute atomic E-state index is 11.2. The molecular weight excluding hydrogens is 463 g/mol. The summed E-state index contributed by atoms with van der Waals surface area (Å²) in [4.78, 5) is 19.5. The van der Waals surface area contributed by atoms with Crippen molar-refractivity contribution in [2.75, 3.05) is 10.6 Å². The molecule has 0 fully saturated rings. The third-order valence-electron chi connectivity index (χ3n) is 4.05. The zero-order valence-corrected chi connectivity index (χ0v) is 17.7. The van der Waals surface area contributed by atoms with E-state index < -0.39 is 0 Å². The lowest BCUT2D eigenvalue weighted by molar-refractivity contribution is -0.114. The summed E-state index contributed by atoms with van der Waals surface area (Å²) >= 11 is 2.35. The predicted octanol–water partition coefficient (Wildman–Crippen LogP) is 4.80. The molecule has 6 heteroatoms. The summed E-state index contributed by atoms with van der Waals surface area (Å²) in [6, 6.07) is 18.3. The van der Waals surface area contributed by atoms with Crippen LogP contribution in [0.3, 0.4) is 0 Å². The molecular formula is C22H21IN4O. The Morgan fingerprint density at radius 3 is 2.54 bits per heavy atom. The number of nitrogens with one attached hydrogen (secondary N) is 2. The number of hydrogen-bond donors (Lipinski definition) is 2. The quantitative estimate of drug-likeness (QED) is 0.473. The lowest BCUT2D eigenvalue weighted by Crippen LogP contribution is -2.08. The van der Waals surface area contributed by atoms with Gasteiger partial charge in [-0.25, -0.2) is 9.97 Å². The van der Waals surface area contributed by atoms with E-state index in [1.165, 1.54) is 22.4 Å². The van der Waals surface area contributed by atoms with Crippen molar-refractivity contribution in [3.05, 3.63) is 93.6 Å². The van der Waals surface area contributed by atoms with Crippen molar-refractivity contribution in [3.8, 4) is 0 Å². The van der Waals surface area contributed by atoms with Crippen molar-refractivity contribution in [2.24, 2.45) is 0 Å². The number of benzene rings is 2. The molecule has 0 radical (unpaired) electrons. The summed E-state index contributed by atoms with van der Waals surface area (Å²) in [5.41, 5.74) is 5.19. The highest BCUT2D eigenvalue weighted by molar-refractivity contribution is 14.1. The smallest absolute Gasteiger partial charge is 0.222 e. The van der Waals surface area contributed by atoms with Crippen molar-refractivity contribution in [3.63, 3.8) is 0 Å². The average molecular weight is 484 g/mol. The monoisotopic (exact) mass is 484 g/mol. The van der Waals surface area contributed by atoms with Gasteiger partial charge in [0, 0.05) is 40.8 Å². The van der Waals surface area contributed by atoms with Crippen molar-refractivity contribution < 1.29 is 4.79 Å². The van der Waals surface area contributed by atoms with E-state index in [9.17, 15) is 4.79 Å². The first-order chi connectivity index (χ1) is 13.5. The van der Waals surface area contributed by atoms with E-state index in [1.807, 2.05) is 24.3 Å². The molecule has 0 bridgehead atoms. The summed E-state index contributed by atoms with van der Waals surface area (Å²) in [5, 5.41) is 6.04. The molecule has 3 rings (SSSR count). The van der Waals surface area contributed by atoms with Crippen LogP contribution in [0.25, 0.3) is 0 Å². The minimum Gasteiger partial charge on any atom is -0.359 e. The molecule has 0 aliphatic carbocycles. The topological polar surface area (TPSA) is 66.9 Å². The molecule has 1 aromatic heterocycles. The third kappa shape index (κ3) is 5.88. The Balaban J connectivity index is 1.60. The molecule has 5 nitrogen and oxygen atoms in total. The number of carbonyl (C=O) groups excluding carboxylic acids is 1. The van der Waals surface area contributed by atoms with Gasteiger partial charge >= 0.3 is 0 Å². The summed E-state index contributed by atoms with van der Waals surface area (Å²) in [7, 11) is 0. The van der Waals surface area contributed by atoms with Crippen LogP contribution in [0.2, 0.25) is 0 Å². The van der Waals surface area contributed by atoms with Crippen LogP contribution in [-0.2, 0) is 17.6 Å². The molecule has 28 heavy (non-hydrogen) atoms. The second kappa shape index (κ2) is 9.45. The molecule has 1 heterocycles. The molecule has 142 valence electrons. The van der Waals surface area contributed by atoms with Crippen LogP contribution in [0.4, 0.5) is 11.5 Å². The molecule has 0 saturated carbocycles. The Kier molecular flexibility index (Phi) is 6.76. The largest absolute Gasteiger partial charge is 0.359 e. The zero-order valence-electron chi connectivity index (χ0n) is 15.6. The van der Waals surface area contributed by atoms with Crippen LogP contribution in [0.1, 0.15) is 23.7 Å². The Labute approximate surface area is 178 Å². The van der Waals surface area contributed by atoms with Gasteiger partial charge in [0.1, 0.15) is 12.1 Å². The zero-order chi connectivity index (χ0) is 19.9. The predicted molar refractivity (Wildman–Crippen MR) is 121 cm³/mol. The number of rotatable bonds is 7. The highest BCUT2D eigenvalue weighted by Crippen LogP contribution is 2.18. The van der Waals surface area contributed by atoms with Crippen LogP contribution in [-0.4, -0.2) is 15.9 Å². The van der Waals surface area contributed by atoms with Crippen molar-refractivity contribution in [1.29, 1.82) is 0 Å². The minimum atomic E-state index is -0.148. The summed E-state index contributed by atoms with van der Waals surface area (Å²) in [5.74, 6) is 0.369. The Hall–Kier alpha value is -2.74. The lowest BCUT2D eigenvalue weighted by atomic mass is 10.1. The molecule has 0 unspecified atom stereocenters. The normalized spacial score (nSPS) is 10.4. The number of carbonyl (C=O) groups is 1. The Bertz CT molecular complexity index is 986. The van der Waals surface area contributed by atoms with Crippen molar-refractivity contribution in [1.82, 2.24) is 9.97 Å². The Morgan fingerprint density at radius 1 is 1.07 bits per heavy atom. The maximum atomic E-state index is 11.2. The first kappa shape index (κ1) is 20.0. The van der Waals surface area contributed by atoms with Gasteiger partial charge in [-0.15, -0.1) is 0 Å². The highest BCUT2D eigenvalue weighted by Gasteiger charge is 2.04. The standard InChI is InChI=1S/C22H21IN4O/c1-15(11-18-5-3-4-6-21(18)23)26-19-9-7-17(8-10-19)12-20-13-22(25-14-24-20)27-16(2)28/h3-10,13-14,26H,1,11-12H2,2H3,(H,24,25,27,28). The molecule has 2 N–H and O–H groups in total. The van der Waals surface area contributed by atoms with Gasteiger partial charge in [0.25, 0.3) is 0 Å². The van der Waals surface area contributed by atoms with Crippen LogP contribution in [0, 0.1) is 3.57 Å². The second-order valence-electron chi connectivity index (χ2n) is 6.45. The fraction of sp³-hybridized carbons (Fsp3) is 0.136. The van der Waals surface area contributed by atoms with Crippen molar-refractivity contribution in [2.45, 2.75) is 19.8 Å². The highest BCUT2D eigenvalue weighted by atomic mass is 127. The van der Waals surface area contributed by atoms with E-state index in [1.54, 1.807) is 6.07 Å². The van der Waals surface area contributed by atoms with Crippen LogP contribution in [0.5, 0.6) is 0 Å². The van der Waals surface area contributed by atoms with E-state index in [4.69, 9.17) is 0 Å². The molecule has 0 spiro atoms. The molecule has 0 atom stereocenters. The van der Waals surface area contributed by atoms with Gasteiger partial charge < -0.3 is 10.6 Å². The van der Waals surface area contributed by atoms with E-state index in [2.05, 4.69) is 74.0 Å². The maximum Gasteiger partial charge on any atom is 0.222 e. The van der Waals surface area contributed by atoms with E-state index >= 15 is 0 Å². The molecule has 3 aromatic rings.